The van der Waals surface area contributed by atoms with E-state index in [0.717, 1.165) is 17.4 Å². The maximum atomic E-state index is 13.4. The molecule has 2 aromatic carbocycles. The molecule has 1 heterocycles. The molecular weight excluding hydrogens is 426 g/mol. The van der Waals surface area contributed by atoms with Gasteiger partial charge in [-0.15, -0.1) is 0 Å². The summed E-state index contributed by atoms with van der Waals surface area (Å²) in [6.07, 6.45) is 1.49. The van der Waals surface area contributed by atoms with Gasteiger partial charge in [0.05, 0.1) is 10.6 Å². The summed E-state index contributed by atoms with van der Waals surface area (Å²) in [5, 5.41) is 0.107. The van der Waals surface area contributed by atoms with Crippen molar-refractivity contribution in [2.24, 2.45) is 0 Å². The summed E-state index contributed by atoms with van der Waals surface area (Å²) in [4.78, 5) is 12.0. The van der Waals surface area contributed by atoms with Crippen LogP contribution in [0.3, 0.4) is 0 Å². The Labute approximate surface area is 187 Å². The zero-order valence-corrected chi connectivity index (χ0v) is 21.1. The highest BCUT2D eigenvalue weighted by Gasteiger charge is 2.40. The van der Waals surface area contributed by atoms with Crippen molar-refractivity contribution < 1.29 is 17.6 Å². The second-order valence-electron chi connectivity index (χ2n) is 9.84. The number of aldehydes is 1. The van der Waals surface area contributed by atoms with Crippen LogP contribution in [0.4, 0.5) is 5.69 Å². The predicted molar refractivity (Wildman–Crippen MR) is 128 cm³/mol. The number of carbonyl (C=O) groups excluding carboxylic acids is 1. The molecule has 0 aliphatic carbocycles. The third-order valence-corrected chi connectivity index (χ3v) is 13.0. The van der Waals surface area contributed by atoms with Gasteiger partial charge in [-0.1, -0.05) is 50.6 Å². The first kappa shape index (κ1) is 23.7. The summed E-state index contributed by atoms with van der Waals surface area (Å²) in [5.74, 6) is -0.0820. The van der Waals surface area contributed by atoms with Crippen LogP contribution in [-0.4, -0.2) is 36.2 Å². The maximum Gasteiger partial charge on any atom is 0.264 e. The van der Waals surface area contributed by atoms with Gasteiger partial charge in [-0.05, 0) is 55.2 Å². The van der Waals surface area contributed by atoms with E-state index in [-0.39, 0.29) is 15.9 Å². The summed E-state index contributed by atoms with van der Waals surface area (Å²) >= 11 is 0. The van der Waals surface area contributed by atoms with E-state index < -0.39 is 18.3 Å². The molecule has 0 amide bonds. The Morgan fingerprint density at radius 3 is 2.35 bits per heavy atom. The molecule has 0 unspecified atom stereocenters. The van der Waals surface area contributed by atoms with Gasteiger partial charge >= 0.3 is 0 Å². The Morgan fingerprint density at radius 1 is 1.13 bits per heavy atom. The van der Waals surface area contributed by atoms with E-state index in [2.05, 4.69) is 33.9 Å². The molecule has 5 nitrogen and oxygen atoms in total. The van der Waals surface area contributed by atoms with Crippen LogP contribution < -0.4 is 4.31 Å². The number of aryl methyl sites for hydroxylation is 1. The monoisotopic (exact) mass is 459 g/mol. The smallest absolute Gasteiger partial charge is 0.264 e. The van der Waals surface area contributed by atoms with Crippen LogP contribution in [0.2, 0.25) is 18.1 Å². The van der Waals surface area contributed by atoms with Gasteiger partial charge in [0, 0.05) is 24.6 Å². The third-order valence-electron chi connectivity index (χ3n) is 6.65. The van der Waals surface area contributed by atoms with Gasteiger partial charge in [0.1, 0.15) is 6.29 Å². The lowest BCUT2D eigenvalue weighted by Crippen LogP contribution is -2.41. The highest BCUT2D eigenvalue weighted by molar-refractivity contribution is 7.92. The lowest BCUT2D eigenvalue weighted by Gasteiger charge is -2.36. The standard InChI is InChI=1S/C24H33NO4SSi/c1-18-10-12-21(13-11-18)30(27,28)25-16-19(14-15-29-31(5,6)24(2,3)4)23-20(17-26)8-7-9-22(23)25/h7-13,17,19H,14-16H2,1-6H3/t19-/m0/s1. The molecule has 0 fully saturated rings. The second kappa shape index (κ2) is 8.52. The number of hydrogen-bond acceptors (Lipinski definition) is 4. The average molecular weight is 460 g/mol. The van der Waals surface area contributed by atoms with Crippen LogP contribution in [-0.2, 0) is 14.4 Å². The number of sulfonamides is 1. The van der Waals surface area contributed by atoms with Crippen molar-refractivity contribution in [3.05, 3.63) is 59.2 Å². The van der Waals surface area contributed by atoms with E-state index in [9.17, 15) is 13.2 Å². The van der Waals surface area contributed by atoms with Crippen LogP contribution in [0.5, 0.6) is 0 Å². The number of anilines is 1. The Morgan fingerprint density at radius 2 is 1.77 bits per heavy atom. The van der Waals surface area contributed by atoms with Crippen LogP contribution in [0.1, 0.15) is 54.6 Å². The van der Waals surface area contributed by atoms with Gasteiger partial charge in [0.2, 0.25) is 0 Å². The lowest BCUT2D eigenvalue weighted by molar-refractivity contribution is 0.112. The fourth-order valence-corrected chi connectivity index (χ4v) is 6.29. The molecule has 0 N–H and O–H groups in total. The molecule has 0 radical (unpaired) electrons. The SMILES string of the molecule is Cc1ccc(S(=O)(=O)N2C[C@H](CCO[Si](C)(C)C(C)(C)C)c3c(C=O)cccc32)cc1. The van der Waals surface area contributed by atoms with E-state index in [4.69, 9.17) is 4.43 Å². The van der Waals surface area contributed by atoms with Crippen LogP contribution >= 0.6 is 0 Å². The molecule has 31 heavy (non-hydrogen) atoms. The number of benzene rings is 2. The minimum absolute atomic E-state index is 0.0820. The first-order valence-corrected chi connectivity index (χ1v) is 15.0. The molecule has 1 aliphatic rings. The Balaban J connectivity index is 1.91. The van der Waals surface area contributed by atoms with Crippen molar-refractivity contribution in [2.45, 2.75) is 63.1 Å². The van der Waals surface area contributed by atoms with Crippen molar-refractivity contribution in [2.75, 3.05) is 17.5 Å². The molecule has 0 bridgehead atoms. The molecule has 0 saturated carbocycles. The number of nitrogens with zero attached hydrogens (tertiary/aromatic N) is 1. The Hall–Kier alpha value is -1.96. The summed E-state index contributed by atoms with van der Waals surface area (Å²) in [6.45, 7) is 13.8. The summed E-state index contributed by atoms with van der Waals surface area (Å²) in [7, 11) is -5.62. The number of rotatable bonds is 7. The number of hydrogen-bond donors (Lipinski definition) is 0. The Kier molecular flexibility index (Phi) is 6.51. The minimum Gasteiger partial charge on any atom is -0.417 e. The Bertz CT molecular complexity index is 1060. The lowest BCUT2D eigenvalue weighted by atomic mass is 9.94. The molecule has 1 aliphatic heterocycles. The van der Waals surface area contributed by atoms with E-state index in [1.807, 2.05) is 6.92 Å². The highest BCUT2D eigenvalue weighted by atomic mass is 32.2. The maximum absolute atomic E-state index is 13.4. The van der Waals surface area contributed by atoms with Gasteiger partial charge in [0.25, 0.3) is 10.0 Å². The topological polar surface area (TPSA) is 63.7 Å². The van der Waals surface area contributed by atoms with Gasteiger partial charge in [-0.3, -0.25) is 9.10 Å². The molecular formula is C24H33NO4SSi. The van der Waals surface area contributed by atoms with E-state index >= 15 is 0 Å². The molecule has 0 aromatic heterocycles. The van der Waals surface area contributed by atoms with Crippen LogP contribution in [0.15, 0.2) is 47.4 Å². The fourth-order valence-electron chi connectivity index (χ4n) is 3.70. The molecule has 0 spiro atoms. The van der Waals surface area contributed by atoms with Crippen molar-refractivity contribution in [3.63, 3.8) is 0 Å². The summed E-state index contributed by atoms with van der Waals surface area (Å²) < 4.78 is 34.7. The highest BCUT2D eigenvalue weighted by Crippen LogP contribution is 2.43. The van der Waals surface area contributed by atoms with Crippen molar-refractivity contribution in [1.29, 1.82) is 0 Å². The summed E-state index contributed by atoms with van der Waals surface area (Å²) in [5.41, 5.74) is 2.97. The molecule has 1 atom stereocenters. The quantitative estimate of drug-likeness (QED) is 0.404. The van der Waals surface area contributed by atoms with E-state index in [0.29, 0.717) is 30.8 Å². The van der Waals surface area contributed by atoms with E-state index in [1.54, 1.807) is 42.5 Å². The number of carbonyl (C=O) groups is 1. The minimum atomic E-state index is -3.72. The van der Waals surface area contributed by atoms with Gasteiger partial charge < -0.3 is 4.43 Å². The van der Waals surface area contributed by atoms with Gasteiger partial charge in [0.15, 0.2) is 8.32 Å². The molecule has 2 aromatic rings. The van der Waals surface area contributed by atoms with Crippen molar-refractivity contribution in [3.8, 4) is 0 Å². The zero-order valence-electron chi connectivity index (χ0n) is 19.3. The second-order valence-corrected chi connectivity index (χ2v) is 16.5. The predicted octanol–water partition coefficient (Wildman–Crippen LogP) is 5.51. The van der Waals surface area contributed by atoms with Crippen LogP contribution in [0.25, 0.3) is 0 Å². The first-order valence-electron chi connectivity index (χ1n) is 10.7. The van der Waals surface area contributed by atoms with Crippen molar-refractivity contribution >= 4 is 30.3 Å². The van der Waals surface area contributed by atoms with Crippen molar-refractivity contribution in [1.82, 2.24) is 0 Å². The molecule has 3 rings (SSSR count). The zero-order chi connectivity index (χ0) is 23.0. The van der Waals surface area contributed by atoms with Gasteiger partial charge in [-0.2, -0.15) is 0 Å². The third kappa shape index (κ3) is 4.63. The van der Waals surface area contributed by atoms with Crippen LogP contribution in [0, 0.1) is 6.92 Å². The fraction of sp³-hybridized carbons (Fsp3) is 0.458. The normalized spacial score (nSPS) is 17.0. The molecule has 168 valence electrons. The molecule has 7 heteroatoms. The first-order chi connectivity index (χ1) is 14.4. The largest absolute Gasteiger partial charge is 0.417 e. The molecule has 0 saturated heterocycles. The summed E-state index contributed by atoms with van der Waals surface area (Å²) in [6, 6.07) is 12.2. The van der Waals surface area contributed by atoms with E-state index in [1.165, 1.54) is 4.31 Å². The number of fused-ring (bicyclic) bond motifs is 1. The average Bonchev–Trinajstić information content (AvgIpc) is 3.07. The van der Waals surface area contributed by atoms with Gasteiger partial charge in [-0.25, -0.2) is 8.42 Å².